The molecule has 0 saturated carbocycles. The van der Waals surface area contributed by atoms with Crippen LogP contribution in [0.15, 0.2) is 114 Å². The van der Waals surface area contributed by atoms with E-state index in [9.17, 15) is 4.79 Å². The number of benzene rings is 4. The van der Waals surface area contributed by atoms with E-state index in [1.165, 1.54) is 0 Å². The highest BCUT2D eigenvalue weighted by Gasteiger charge is 2.63. The first-order chi connectivity index (χ1) is 19.6. The highest BCUT2D eigenvalue weighted by Crippen LogP contribution is 2.61. The van der Waals surface area contributed by atoms with Crippen LogP contribution in [-0.4, -0.2) is 23.4 Å². The number of methoxy groups -OCH3 is 1. The second-order valence-electron chi connectivity index (χ2n) is 9.96. The van der Waals surface area contributed by atoms with Crippen molar-refractivity contribution < 1.29 is 14.3 Å². The van der Waals surface area contributed by atoms with Crippen LogP contribution in [0.1, 0.15) is 22.8 Å². The lowest BCUT2D eigenvalue weighted by atomic mass is 9.72. The first-order valence-corrected chi connectivity index (χ1v) is 14.4. The van der Waals surface area contributed by atoms with Crippen LogP contribution in [0.3, 0.4) is 0 Å². The molecule has 1 aromatic heterocycles. The predicted octanol–water partition coefficient (Wildman–Crippen LogP) is 8.12. The third kappa shape index (κ3) is 3.94. The standard InChI is InChI=1S/C33H25ClN2O3S/c1-38-24-16-17-26-21(18-24)19-25(31(35-26)39-23-12-6-3-7-13-23)29-20-33(22-10-4-2-5-11-22)30(34)32(37)36(33)27-14-8-9-15-28(27)40-29/h2-19,29-30H,20H2,1H3. The minimum atomic E-state index is -0.725. The number of pyridine rings is 1. The minimum Gasteiger partial charge on any atom is -0.497 e. The normalized spacial score (nSPS) is 21.6. The van der Waals surface area contributed by atoms with Gasteiger partial charge < -0.3 is 9.47 Å². The minimum absolute atomic E-state index is 0.0821. The van der Waals surface area contributed by atoms with Gasteiger partial charge in [-0.15, -0.1) is 23.4 Å². The summed E-state index contributed by atoms with van der Waals surface area (Å²) in [6.45, 7) is 0. The fraction of sp³-hybridized carbons (Fsp3) is 0.152. The van der Waals surface area contributed by atoms with Crippen LogP contribution >= 0.6 is 23.4 Å². The summed E-state index contributed by atoms with van der Waals surface area (Å²) in [7, 11) is 1.66. The molecule has 1 saturated heterocycles. The zero-order valence-corrected chi connectivity index (χ0v) is 23.2. The Balaban J connectivity index is 1.44. The molecule has 0 bridgehead atoms. The number of thioether (sulfide) groups is 1. The first kappa shape index (κ1) is 25.0. The van der Waals surface area contributed by atoms with Crippen molar-refractivity contribution in [2.45, 2.75) is 27.5 Å². The quantitative estimate of drug-likeness (QED) is 0.159. The maximum absolute atomic E-state index is 13.4. The monoisotopic (exact) mass is 564 g/mol. The Morgan fingerprint density at radius 2 is 1.62 bits per heavy atom. The van der Waals surface area contributed by atoms with Crippen molar-refractivity contribution in [1.82, 2.24) is 4.98 Å². The van der Waals surface area contributed by atoms with Crippen molar-refractivity contribution in [2.24, 2.45) is 0 Å². The average Bonchev–Trinajstić information content (AvgIpc) is 3.14. The smallest absolute Gasteiger partial charge is 0.248 e. The van der Waals surface area contributed by atoms with Crippen molar-refractivity contribution in [3.05, 3.63) is 120 Å². The first-order valence-electron chi connectivity index (χ1n) is 13.1. The molecule has 1 amide bonds. The number of alkyl halides is 1. The van der Waals surface area contributed by atoms with E-state index in [4.69, 9.17) is 26.1 Å². The van der Waals surface area contributed by atoms with Crippen LogP contribution < -0.4 is 14.4 Å². The fourth-order valence-electron chi connectivity index (χ4n) is 5.80. The Bertz CT molecular complexity index is 1730. The van der Waals surface area contributed by atoms with Gasteiger partial charge in [-0.3, -0.25) is 9.69 Å². The summed E-state index contributed by atoms with van der Waals surface area (Å²) >= 11 is 8.71. The lowest BCUT2D eigenvalue weighted by molar-refractivity contribution is -0.127. The Kier molecular flexibility index (Phi) is 6.17. The zero-order chi connectivity index (χ0) is 27.3. The number of carbonyl (C=O) groups is 1. The molecule has 3 unspecified atom stereocenters. The number of para-hydroxylation sites is 2. The number of halogens is 1. The van der Waals surface area contributed by atoms with E-state index in [0.717, 1.165) is 38.4 Å². The zero-order valence-electron chi connectivity index (χ0n) is 21.7. The molecule has 198 valence electrons. The van der Waals surface area contributed by atoms with E-state index in [2.05, 4.69) is 24.3 Å². The molecule has 0 aliphatic carbocycles. The Morgan fingerprint density at radius 3 is 2.40 bits per heavy atom. The number of hydrogen-bond donors (Lipinski definition) is 0. The fourth-order valence-corrected chi connectivity index (χ4v) is 7.58. The lowest BCUT2D eigenvalue weighted by Crippen LogP contribution is -2.70. The molecule has 2 aliphatic rings. The molecule has 3 atom stereocenters. The summed E-state index contributed by atoms with van der Waals surface area (Å²) in [6, 6.07) is 35.8. The van der Waals surface area contributed by atoms with Gasteiger partial charge in [0.2, 0.25) is 11.8 Å². The number of rotatable bonds is 5. The Labute approximate surface area is 241 Å². The van der Waals surface area contributed by atoms with Crippen LogP contribution in [0.25, 0.3) is 10.9 Å². The molecule has 5 nitrogen and oxygen atoms in total. The molecule has 0 spiro atoms. The largest absolute Gasteiger partial charge is 0.497 e. The van der Waals surface area contributed by atoms with Crippen LogP contribution in [0.5, 0.6) is 17.4 Å². The van der Waals surface area contributed by atoms with Gasteiger partial charge in [0.25, 0.3) is 0 Å². The molecular weight excluding hydrogens is 540 g/mol. The molecule has 0 radical (unpaired) electrons. The van der Waals surface area contributed by atoms with Crippen LogP contribution in [0, 0.1) is 0 Å². The lowest BCUT2D eigenvalue weighted by Gasteiger charge is -2.55. The van der Waals surface area contributed by atoms with Crippen molar-refractivity contribution in [3.8, 4) is 17.4 Å². The van der Waals surface area contributed by atoms with Crippen molar-refractivity contribution in [1.29, 1.82) is 0 Å². The summed E-state index contributed by atoms with van der Waals surface area (Å²) in [5.74, 6) is 1.92. The summed E-state index contributed by atoms with van der Waals surface area (Å²) in [5, 5.41) is 0.129. The van der Waals surface area contributed by atoms with Gasteiger partial charge in [0.05, 0.1) is 23.9 Å². The Morgan fingerprint density at radius 1 is 0.900 bits per heavy atom. The third-order valence-electron chi connectivity index (χ3n) is 7.72. The molecule has 3 heterocycles. The summed E-state index contributed by atoms with van der Waals surface area (Å²) in [6.07, 6.45) is 0.582. The van der Waals surface area contributed by atoms with Gasteiger partial charge in [0, 0.05) is 21.1 Å². The van der Waals surface area contributed by atoms with E-state index < -0.39 is 10.9 Å². The summed E-state index contributed by atoms with van der Waals surface area (Å²) in [5.41, 5.74) is 2.91. The number of carbonyl (C=O) groups excluding carboxylic acids is 1. The number of aromatic nitrogens is 1. The average molecular weight is 565 g/mol. The number of fused-ring (bicyclic) bond motifs is 4. The Hall–Kier alpha value is -4.00. The van der Waals surface area contributed by atoms with Crippen LogP contribution in [-0.2, 0) is 10.3 Å². The maximum atomic E-state index is 13.4. The SMILES string of the molecule is COc1ccc2nc(Oc3ccccc3)c(C3CC4(c5ccccc5)C(Cl)C(=O)N4c4ccccc4S3)cc2c1. The number of β-lactam (4-membered cyclic amide) rings is 1. The molecule has 0 N–H and O–H groups in total. The topological polar surface area (TPSA) is 51.7 Å². The maximum Gasteiger partial charge on any atom is 0.248 e. The summed E-state index contributed by atoms with van der Waals surface area (Å²) < 4.78 is 12.0. The van der Waals surface area contributed by atoms with Crippen molar-refractivity contribution in [2.75, 3.05) is 12.0 Å². The van der Waals surface area contributed by atoms with E-state index in [-0.39, 0.29) is 11.2 Å². The van der Waals surface area contributed by atoms with Gasteiger partial charge in [-0.05, 0) is 60.5 Å². The number of ether oxygens (including phenoxy) is 2. The molecule has 4 aromatic carbocycles. The van der Waals surface area contributed by atoms with Crippen molar-refractivity contribution >= 4 is 45.9 Å². The molecule has 7 rings (SSSR count). The van der Waals surface area contributed by atoms with E-state index in [0.29, 0.717) is 18.1 Å². The number of nitrogens with zero attached hydrogens (tertiary/aromatic N) is 2. The number of hydrogen-bond acceptors (Lipinski definition) is 5. The van der Waals surface area contributed by atoms with Gasteiger partial charge in [-0.2, -0.15) is 0 Å². The predicted molar refractivity (Wildman–Crippen MR) is 160 cm³/mol. The van der Waals surface area contributed by atoms with E-state index in [1.807, 2.05) is 89.8 Å². The molecule has 5 aromatic rings. The second kappa shape index (κ2) is 9.88. The molecule has 2 aliphatic heterocycles. The van der Waals surface area contributed by atoms with Gasteiger partial charge in [0.1, 0.15) is 16.9 Å². The summed E-state index contributed by atoms with van der Waals surface area (Å²) in [4.78, 5) is 21.3. The molecule has 1 fully saturated rings. The molecular formula is C33H25ClN2O3S. The highest BCUT2D eigenvalue weighted by atomic mass is 35.5. The second-order valence-corrected chi connectivity index (χ2v) is 11.6. The van der Waals surface area contributed by atoms with Gasteiger partial charge in [-0.25, -0.2) is 4.98 Å². The third-order valence-corrected chi connectivity index (χ3v) is 9.57. The molecule has 7 heteroatoms. The van der Waals surface area contributed by atoms with Gasteiger partial charge in [0.15, 0.2) is 0 Å². The van der Waals surface area contributed by atoms with E-state index in [1.54, 1.807) is 18.9 Å². The highest BCUT2D eigenvalue weighted by molar-refractivity contribution is 7.99. The van der Waals surface area contributed by atoms with E-state index >= 15 is 0 Å². The number of anilines is 1. The van der Waals surface area contributed by atoms with Crippen LogP contribution in [0.2, 0.25) is 0 Å². The molecule has 40 heavy (non-hydrogen) atoms. The van der Waals surface area contributed by atoms with Crippen LogP contribution in [0.4, 0.5) is 5.69 Å². The van der Waals surface area contributed by atoms with Gasteiger partial charge >= 0.3 is 0 Å². The van der Waals surface area contributed by atoms with Gasteiger partial charge in [-0.1, -0.05) is 60.7 Å². The van der Waals surface area contributed by atoms with Crippen molar-refractivity contribution in [3.63, 3.8) is 0 Å². The number of amides is 1.